The molecule has 2 aliphatic heterocycles. The van der Waals surface area contributed by atoms with Crippen LogP contribution in [0.25, 0.3) is 11.1 Å². The van der Waals surface area contributed by atoms with E-state index in [9.17, 15) is 18.4 Å². The van der Waals surface area contributed by atoms with Crippen molar-refractivity contribution < 1.29 is 27.8 Å². The number of ketones is 1. The maximum Gasteiger partial charge on any atom is 0.410 e. The maximum absolute atomic E-state index is 14.1. The van der Waals surface area contributed by atoms with Gasteiger partial charge >= 0.3 is 6.09 Å². The van der Waals surface area contributed by atoms with E-state index in [1.54, 1.807) is 4.90 Å². The summed E-state index contributed by atoms with van der Waals surface area (Å²) in [5.41, 5.74) is 4.69. The second kappa shape index (κ2) is 9.71. The molecule has 7 heteroatoms. The third-order valence-electron chi connectivity index (χ3n) is 7.90. The summed E-state index contributed by atoms with van der Waals surface area (Å²) >= 11 is 0. The van der Waals surface area contributed by atoms with Gasteiger partial charge in [-0.25, -0.2) is 13.6 Å². The highest BCUT2D eigenvalue weighted by atomic mass is 19.1. The first kappa shape index (κ1) is 23.8. The van der Waals surface area contributed by atoms with Crippen LogP contribution in [0.3, 0.4) is 0 Å². The zero-order valence-electron chi connectivity index (χ0n) is 20.2. The summed E-state index contributed by atoms with van der Waals surface area (Å²) in [4.78, 5) is 28.0. The highest BCUT2D eigenvalue weighted by Crippen LogP contribution is 2.44. The molecule has 3 aromatic carbocycles. The van der Waals surface area contributed by atoms with E-state index in [1.165, 1.54) is 11.1 Å². The lowest BCUT2D eigenvalue weighted by Gasteiger charge is -2.47. The van der Waals surface area contributed by atoms with Gasteiger partial charge in [0, 0.05) is 18.3 Å². The molecule has 0 radical (unpaired) electrons. The number of morpholine rings is 1. The molecular weight excluding hydrogens is 476 g/mol. The summed E-state index contributed by atoms with van der Waals surface area (Å²) in [7, 11) is 0. The van der Waals surface area contributed by atoms with Crippen molar-refractivity contribution in [1.82, 2.24) is 4.90 Å². The number of rotatable bonds is 5. The third-order valence-corrected chi connectivity index (χ3v) is 7.90. The molecule has 3 aromatic rings. The van der Waals surface area contributed by atoms with Crippen LogP contribution in [-0.2, 0) is 20.7 Å². The number of hydrogen-bond acceptors (Lipinski definition) is 4. The van der Waals surface area contributed by atoms with E-state index in [0.29, 0.717) is 26.1 Å². The zero-order valence-corrected chi connectivity index (χ0v) is 20.2. The molecule has 5 nitrogen and oxygen atoms in total. The first-order valence-corrected chi connectivity index (χ1v) is 12.7. The van der Waals surface area contributed by atoms with Crippen LogP contribution in [0.15, 0.2) is 66.7 Å². The summed E-state index contributed by atoms with van der Waals surface area (Å²) in [6.45, 7) is 0.864. The molecule has 2 atom stereocenters. The van der Waals surface area contributed by atoms with Gasteiger partial charge in [-0.05, 0) is 58.9 Å². The fourth-order valence-electron chi connectivity index (χ4n) is 6.16. The number of amides is 1. The minimum absolute atomic E-state index is 0.0345. The minimum atomic E-state index is -0.589. The lowest BCUT2D eigenvalue weighted by atomic mass is 9.81. The largest absolute Gasteiger partial charge is 0.448 e. The predicted molar refractivity (Wildman–Crippen MR) is 133 cm³/mol. The Kier molecular flexibility index (Phi) is 6.24. The summed E-state index contributed by atoms with van der Waals surface area (Å²) in [6.07, 6.45) is 0.258. The molecule has 0 saturated carbocycles. The Hall–Kier alpha value is -3.58. The van der Waals surface area contributed by atoms with E-state index >= 15 is 0 Å². The van der Waals surface area contributed by atoms with E-state index in [1.807, 2.05) is 24.3 Å². The molecule has 1 amide bonds. The van der Waals surface area contributed by atoms with Crippen LogP contribution < -0.4 is 0 Å². The normalized spacial score (nSPS) is 22.3. The van der Waals surface area contributed by atoms with Crippen molar-refractivity contribution in [2.75, 3.05) is 19.8 Å². The molecule has 37 heavy (non-hydrogen) atoms. The average molecular weight is 504 g/mol. The Balaban J connectivity index is 1.13. The Bertz CT molecular complexity index is 1300. The van der Waals surface area contributed by atoms with E-state index in [4.69, 9.17) is 9.47 Å². The molecule has 2 unspecified atom stereocenters. The molecule has 1 aliphatic carbocycles. The van der Waals surface area contributed by atoms with Crippen molar-refractivity contribution in [3.63, 3.8) is 0 Å². The standard InChI is InChI=1S/C30H27F2NO4/c31-20-9-10-28(32)18(11-20)14-29(34)19-12-21-15-36-16-22(13-19)33(21)30(35)37-17-27-25-7-3-1-5-23(25)24-6-2-4-8-26(24)27/h1-11,19,21-22,27H,12-17H2. The van der Waals surface area contributed by atoms with Gasteiger partial charge in [0.15, 0.2) is 0 Å². The van der Waals surface area contributed by atoms with Gasteiger partial charge in [-0.1, -0.05) is 48.5 Å². The number of halogens is 2. The molecule has 2 saturated heterocycles. The average Bonchev–Trinajstić information content (AvgIpc) is 3.22. The van der Waals surface area contributed by atoms with Gasteiger partial charge in [0.05, 0.1) is 25.3 Å². The van der Waals surface area contributed by atoms with Crippen LogP contribution in [-0.4, -0.2) is 48.7 Å². The molecular formula is C30H27F2NO4. The van der Waals surface area contributed by atoms with Crippen molar-refractivity contribution in [2.45, 2.75) is 37.3 Å². The van der Waals surface area contributed by atoms with Gasteiger partial charge in [0.25, 0.3) is 0 Å². The zero-order chi connectivity index (χ0) is 25.5. The van der Waals surface area contributed by atoms with Crippen LogP contribution in [0.5, 0.6) is 0 Å². The smallest absolute Gasteiger partial charge is 0.410 e. The first-order valence-electron chi connectivity index (χ1n) is 12.7. The molecule has 6 rings (SSSR count). The molecule has 0 spiro atoms. The summed E-state index contributed by atoms with van der Waals surface area (Å²) in [5, 5.41) is 0. The lowest BCUT2D eigenvalue weighted by Crippen LogP contribution is -2.60. The molecule has 0 aromatic heterocycles. The maximum atomic E-state index is 14.1. The van der Waals surface area contributed by atoms with Gasteiger partial charge in [-0.3, -0.25) is 9.69 Å². The van der Waals surface area contributed by atoms with Crippen LogP contribution in [0.1, 0.15) is 35.4 Å². The molecule has 190 valence electrons. The second-order valence-electron chi connectivity index (χ2n) is 10.1. The Morgan fingerprint density at radius 1 is 0.892 bits per heavy atom. The number of Topliss-reactive ketones (excluding diaryl/α,β-unsaturated/α-hetero) is 1. The number of ether oxygens (including phenoxy) is 2. The summed E-state index contributed by atoms with van der Waals surface area (Å²) in [6, 6.07) is 18.9. The molecule has 2 bridgehead atoms. The van der Waals surface area contributed by atoms with Crippen LogP contribution in [0.4, 0.5) is 13.6 Å². The number of nitrogens with zero attached hydrogens (tertiary/aromatic N) is 1. The van der Waals surface area contributed by atoms with Gasteiger partial charge in [0.2, 0.25) is 0 Å². The first-order chi connectivity index (χ1) is 18.0. The minimum Gasteiger partial charge on any atom is -0.448 e. The Labute approximate surface area is 214 Å². The van der Waals surface area contributed by atoms with E-state index in [-0.39, 0.29) is 48.3 Å². The number of carbonyl (C=O) groups excluding carboxylic acids is 2. The Morgan fingerprint density at radius 2 is 1.51 bits per heavy atom. The number of carbonyl (C=O) groups is 2. The molecule has 2 heterocycles. The van der Waals surface area contributed by atoms with Gasteiger partial charge in [-0.15, -0.1) is 0 Å². The molecule has 0 N–H and O–H groups in total. The Morgan fingerprint density at radius 3 is 2.16 bits per heavy atom. The van der Waals surface area contributed by atoms with Crippen LogP contribution in [0, 0.1) is 17.6 Å². The molecule has 3 aliphatic rings. The van der Waals surface area contributed by atoms with E-state index in [2.05, 4.69) is 24.3 Å². The van der Waals surface area contributed by atoms with Crippen molar-refractivity contribution in [3.05, 3.63) is 95.1 Å². The SMILES string of the molecule is O=C(Cc1cc(F)ccc1F)C1CC2COCC(C1)N2C(=O)OCC1c2ccccc2-c2ccccc21. The van der Waals surface area contributed by atoms with Crippen LogP contribution >= 0.6 is 0 Å². The van der Waals surface area contributed by atoms with Crippen molar-refractivity contribution >= 4 is 11.9 Å². The van der Waals surface area contributed by atoms with Gasteiger partial charge < -0.3 is 9.47 Å². The second-order valence-corrected chi connectivity index (χ2v) is 10.1. The van der Waals surface area contributed by atoms with Gasteiger partial charge in [0.1, 0.15) is 24.0 Å². The highest BCUT2D eigenvalue weighted by Gasteiger charge is 2.44. The summed E-state index contributed by atoms with van der Waals surface area (Å²) < 4.78 is 39.2. The monoisotopic (exact) mass is 503 g/mol. The third kappa shape index (κ3) is 4.42. The number of hydrogen-bond donors (Lipinski definition) is 0. The topological polar surface area (TPSA) is 55.8 Å². The van der Waals surface area contributed by atoms with Gasteiger partial charge in [-0.2, -0.15) is 0 Å². The van der Waals surface area contributed by atoms with Crippen molar-refractivity contribution in [1.29, 1.82) is 0 Å². The summed E-state index contributed by atoms with van der Waals surface area (Å²) in [5.74, 6) is -1.69. The van der Waals surface area contributed by atoms with Crippen molar-refractivity contribution in [2.24, 2.45) is 5.92 Å². The predicted octanol–water partition coefficient (Wildman–Crippen LogP) is 5.50. The lowest BCUT2D eigenvalue weighted by molar-refractivity contribution is -0.130. The van der Waals surface area contributed by atoms with E-state index in [0.717, 1.165) is 29.3 Å². The number of piperidine rings is 1. The fraction of sp³-hybridized carbons (Fsp3) is 0.333. The van der Waals surface area contributed by atoms with Crippen LogP contribution in [0.2, 0.25) is 0 Å². The highest BCUT2D eigenvalue weighted by molar-refractivity contribution is 5.84. The molecule has 2 fully saturated rings. The number of benzene rings is 3. The van der Waals surface area contributed by atoms with E-state index < -0.39 is 17.7 Å². The fourth-order valence-corrected chi connectivity index (χ4v) is 6.16. The van der Waals surface area contributed by atoms with Crippen molar-refractivity contribution in [3.8, 4) is 11.1 Å². The quantitative estimate of drug-likeness (QED) is 0.461. The number of fused-ring (bicyclic) bond motifs is 5.